The summed E-state index contributed by atoms with van der Waals surface area (Å²) >= 11 is 0. The minimum Gasteiger partial charge on any atom is -0.493 e. The average Bonchev–Trinajstić information content (AvgIpc) is 2.64. The molecule has 1 atom stereocenters. The first-order valence-electron chi connectivity index (χ1n) is 8.16. The number of carbonyl (C=O) groups excluding carboxylic acids is 2. The van der Waals surface area contributed by atoms with Gasteiger partial charge in [-0.05, 0) is 56.2 Å². The fourth-order valence-electron chi connectivity index (χ4n) is 2.36. The van der Waals surface area contributed by atoms with E-state index in [2.05, 4.69) is 10.1 Å². The fourth-order valence-corrected chi connectivity index (χ4v) is 2.36. The third-order valence-corrected chi connectivity index (χ3v) is 3.91. The van der Waals surface area contributed by atoms with Crippen molar-refractivity contribution in [3.05, 3.63) is 53.1 Å². The van der Waals surface area contributed by atoms with Gasteiger partial charge in [-0.2, -0.15) is 0 Å². The fraction of sp³-hybridized carbons (Fsp3) is 0.300. The number of nitrogens with one attached hydrogen (secondary N) is 1. The van der Waals surface area contributed by atoms with Gasteiger partial charge in [0.2, 0.25) is 0 Å². The Morgan fingerprint density at radius 2 is 1.73 bits per heavy atom. The van der Waals surface area contributed by atoms with Gasteiger partial charge in [0.25, 0.3) is 5.91 Å². The molecule has 2 aromatic carbocycles. The van der Waals surface area contributed by atoms with E-state index in [4.69, 9.17) is 9.47 Å². The lowest BCUT2D eigenvalue weighted by molar-refractivity contribution is -0.122. The van der Waals surface area contributed by atoms with Gasteiger partial charge in [0.05, 0.1) is 19.8 Å². The van der Waals surface area contributed by atoms with Crippen LogP contribution in [-0.2, 0) is 9.53 Å². The van der Waals surface area contributed by atoms with Crippen LogP contribution in [-0.4, -0.2) is 32.2 Å². The average molecular weight is 357 g/mol. The summed E-state index contributed by atoms with van der Waals surface area (Å²) in [6.07, 6.45) is -0.757. The van der Waals surface area contributed by atoms with Crippen LogP contribution in [0, 0.1) is 13.8 Å². The van der Waals surface area contributed by atoms with Crippen molar-refractivity contribution in [2.75, 3.05) is 19.5 Å². The van der Waals surface area contributed by atoms with Crippen molar-refractivity contribution < 1.29 is 23.8 Å². The van der Waals surface area contributed by atoms with E-state index in [0.29, 0.717) is 17.1 Å². The van der Waals surface area contributed by atoms with Crippen molar-refractivity contribution in [2.45, 2.75) is 26.9 Å². The Hall–Kier alpha value is -3.02. The summed E-state index contributed by atoms with van der Waals surface area (Å²) in [6.45, 7) is 5.53. The number of hydrogen-bond donors (Lipinski definition) is 1. The Bertz CT molecular complexity index is 816. The molecule has 1 N–H and O–H groups in total. The van der Waals surface area contributed by atoms with Crippen molar-refractivity contribution in [1.82, 2.24) is 0 Å². The minimum absolute atomic E-state index is 0.280. The number of ether oxygens (including phenoxy) is 3. The molecule has 0 heterocycles. The second kappa shape index (κ2) is 8.38. The van der Waals surface area contributed by atoms with Gasteiger partial charge in [-0.1, -0.05) is 12.1 Å². The van der Waals surface area contributed by atoms with Gasteiger partial charge in [-0.3, -0.25) is 4.79 Å². The number of anilines is 1. The molecule has 0 aliphatic rings. The molecule has 0 aliphatic heterocycles. The molecule has 6 nitrogen and oxygen atoms in total. The summed E-state index contributed by atoms with van der Waals surface area (Å²) < 4.78 is 15.7. The van der Waals surface area contributed by atoms with Gasteiger partial charge in [-0.25, -0.2) is 4.79 Å². The van der Waals surface area contributed by atoms with Crippen LogP contribution in [0.15, 0.2) is 36.4 Å². The van der Waals surface area contributed by atoms with Crippen molar-refractivity contribution in [1.29, 1.82) is 0 Å². The standard InChI is InChI=1S/C20H23NO5/c1-12-6-7-13(2)16(10-12)21-19(22)14(3)26-17-9-8-15(20(23)25-5)11-18(17)24-4/h6-11,14H,1-5H3,(H,21,22)/t14-/m1/s1. The normalized spacial score (nSPS) is 11.4. The van der Waals surface area contributed by atoms with Crippen molar-refractivity contribution in [2.24, 2.45) is 0 Å². The summed E-state index contributed by atoms with van der Waals surface area (Å²) in [5, 5.41) is 2.87. The van der Waals surface area contributed by atoms with E-state index in [1.165, 1.54) is 20.3 Å². The maximum atomic E-state index is 12.5. The number of esters is 1. The first kappa shape index (κ1) is 19.3. The number of aryl methyl sites for hydroxylation is 2. The minimum atomic E-state index is -0.757. The Labute approximate surface area is 153 Å². The van der Waals surface area contributed by atoms with Gasteiger partial charge in [-0.15, -0.1) is 0 Å². The highest BCUT2D eigenvalue weighted by molar-refractivity contribution is 5.95. The van der Waals surface area contributed by atoms with E-state index in [1.54, 1.807) is 19.1 Å². The van der Waals surface area contributed by atoms with Crippen LogP contribution in [0.5, 0.6) is 11.5 Å². The number of hydrogen-bond acceptors (Lipinski definition) is 5. The predicted octanol–water partition coefficient (Wildman–Crippen LogP) is 3.50. The molecule has 0 saturated carbocycles. The largest absolute Gasteiger partial charge is 0.493 e. The van der Waals surface area contributed by atoms with E-state index in [1.807, 2.05) is 32.0 Å². The monoisotopic (exact) mass is 357 g/mol. The maximum absolute atomic E-state index is 12.5. The van der Waals surface area contributed by atoms with Gasteiger partial charge in [0.1, 0.15) is 0 Å². The first-order chi connectivity index (χ1) is 12.3. The lowest BCUT2D eigenvalue weighted by atomic mass is 10.1. The number of benzene rings is 2. The van der Waals surface area contributed by atoms with E-state index in [9.17, 15) is 9.59 Å². The van der Waals surface area contributed by atoms with E-state index < -0.39 is 12.1 Å². The zero-order valence-electron chi connectivity index (χ0n) is 15.6. The van der Waals surface area contributed by atoms with Gasteiger partial charge < -0.3 is 19.5 Å². The van der Waals surface area contributed by atoms with Crippen LogP contribution in [0.4, 0.5) is 5.69 Å². The van der Waals surface area contributed by atoms with Crippen molar-refractivity contribution in [3.63, 3.8) is 0 Å². The van der Waals surface area contributed by atoms with Crippen LogP contribution in [0.25, 0.3) is 0 Å². The zero-order chi connectivity index (χ0) is 19.3. The lowest BCUT2D eigenvalue weighted by Gasteiger charge is -2.18. The third kappa shape index (κ3) is 4.53. The topological polar surface area (TPSA) is 73.9 Å². The molecule has 138 valence electrons. The summed E-state index contributed by atoms with van der Waals surface area (Å²) in [5.41, 5.74) is 3.11. The highest BCUT2D eigenvalue weighted by Gasteiger charge is 2.19. The highest BCUT2D eigenvalue weighted by atomic mass is 16.5. The van der Waals surface area contributed by atoms with Gasteiger partial charge in [0, 0.05) is 5.69 Å². The van der Waals surface area contributed by atoms with Crippen molar-refractivity contribution >= 4 is 17.6 Å². The van der Waals surface area contributed by atoms with Crippen LogP contribution >= 0.6 is 0 Å². The number of carbonyl (C=O) groups is 2. The zero-order valence-corrected chi connectivity index (χ0v) is 15.6. The summed E-state index contributed by atoms with van der Waals surface area (Å²) in [6, 6.07) is 10.5. The van der Waals surface area contributed by atoms with E-state index in [-0.39, 0.29) is 5.91 Å². The molecular formula is C20H23NO5. The molecule has 0 aliphatic carbocycles. The molecule has 1 amide bonds. The Kier molecular flexibility index (Phi) is 6.22. The van der Waals surface area contributed by atoms with Crippen LogP contribution in [0.1, 0.15) is 28.4 Å². The lowest BCUT2D eigenvalue weighted by Crippen LogP contribution is -2.30. The second-order valence-electron chi connectivity index (χ2n) is 5.92. The predicted molar refractivity (Wildman–Crippen MR) is 99.0 cm³/mol. The van der Waals surface area contributed by atoms with Crippen LogP contribution < -0.4 is 14.8 Å². The molecule has 0 radical (unpaired) electrons. The molecule has 0 aromatic heterocycles. The maximum Gasteiger partial charge on any atom is 0.337 e. The number of rotatable bonds is 6. The highest BCUT2D eigenvalue weighted by Crippen LogP contribution is 2.29. The SMILES string of the molecule is COC(=O)c1ccc(O[C@H](C)C(=O)Nc2cc(C)ccc2C)c(OC)c1. The molecule has 2 rings (SSSR count). The molecule has 6 heteroatoms. The van der Waals surface area contributed by atoms with Crippen molar-refractivity contribution in [3.8, 4) is 11.5 Å². The van der Waals surface area contributed by atoms with Crippen LogP contribution in [0.3, 0.4) is 0 Å². The second-order valence-corrected chi connectivity index (χ2v) is 5.92. The Morgan fingerprint density at radius 3 is 2.38 bits per heavy atom. The summed E-state index contributed by atoms with van der Waals surface area (Å²) in [5.74, 6) is -0.0450. The molecule has 0 unspecified atom stereocenters. The van der Waals surface area contributed by atoms with Gasteiger partial charge >= 0.3 is 5.97 Å². The molecular weight excluding hydrogens is 334 g/mol. The van der Waals surface area contributed by atoms with Crippen LogP contribution in [0.2, 0.25) is 0 Å². The van der Waals surface area contributed by atoms with E-state index in [0.717, 1.165) is 16.8 Å². The number of amides is 1. The third-order valence-electron chi connectivity index (χ3n) is 3.91. The molecule has 2 aromatic rings. The Morgan fingerprint density at radius 1 is 1.00 bits per heavy atom. The Balaban J connectivity index is 2.13. The summed E-state index contributed by atoms with van der Waals surface area (Å²) in [4.78, 5) is 24.1. The summed E-state index contributed by atoms with van der Waals surface area (Å²) in [7, 11) is 2.77. The molecule has 0 bridgehead atoms. The molecule has 0 fully saturated rings. The van der Waals surface area contributed by atoms with Gasteiger partial charge in [0.15, 0.2) is 17.6 Å². The van der Waals surface area contributed by atoms with E-state index >= 15 is 0 Å². The molecule has 0 spiro atoms. The molecule has 0 saturated heterocycles. The quantitative estimate of drug-likeness (QED) is 0.801. The first-order valence-corrected chi connectivity index (χ1v) is 8.16. The number of methoxy groups -OCH3 is 2. The molecule has 26 heavy (non-hydrogen) atoms. The smallest absolute Gasteiger partial charge is 0.337 e.